The second-order valence-electron chi connectivity index (χ2n) is 6.99. The second-order valence-corrected chi connectivity index (χ2v) is 7.37. The van der Waals surface area contributed by atoms with Crippen molar-refractivity contribution in [3.05, 3.63) is 64.6 Å². The molecule has 0 aliphatic carbocycles. The van der Waals surface area contributed by atoms with Crippen LogP contribution in [0.3, 0.4) is 0 Å². The number of halogens is 1. The lowest BCUT2D eigenvalue weighted by atomic mass is 9.94. The van der Waals surface area contributed by atoms with Gasteiger partial charge in [-0.1, -0.05) is 12.1 Å². The number of rotatable bonds is 6. The van der Waals surface area contributed by atoms with Gasteiger partial charge in [0.05, 0.1) is 38.1 Å². The van der Waals surface area contributed by atoms with Gasteiger partial charge in [-0.3, -0.25) is 4.90 Å². The van der Waals surface area contributed by atoms with E-state index in [-0.39, 0.29) is 12.4 Å². The first kappa shape index (κ1) is 22.6. The monoisotopic (exact) mass is 444 g/mol. The van der Waals surface area contributed by atoms with Crippen molar-refractivity contribution in [2.75, 3.05) is 25.7 Å². The molecule has 0 spiro atoms. The minimum absolute atomic E-state index is 0.220. The third-order valence-electron chi connectivity index (χ3n) is 5.13. The van der Waals surface area contributed by atoms with E-state index in [1.807, 2.05) is 6.07 Å². The van der Waals surface area contributed by atoms with Crippen molar-refractivity contribution in [2.45, 2.75) is 26.8 Å². The van der Waals surface area contributed by atoms with E-state index in [0.717, 1.165) is 5.56 Å². The van der Waals surface area contributed by atoms with E-state index in [1.54, 1.807) is 64.2 Å². The Bertz CT molecular complexity index is 1050. The summed E-state index contributed by atoms with van der Waals surface area (Å²) in [7, 11) is 3.10. The molecule has 1 unspecified atom stereocenters. The largest absolute Gasteiger partial charge is 0.493 e. The molecule has 0 saturated heterocycles. The number of hydrogen-bond donors (Lipinski definition) is 1. The van der Waals surface area contributed by atoms with Crippen LogP contribution in [0.15, 0.2) is 47.7 Å². The molecule has 2 aromatic carbocycles. The first-order chi connectivity index (χ1) is 14.8. The highest BCUT2D eigenvalue weighted by atomic mass is 32.1. The van der Waals surface area contributed by atoms with Crippen LogP contribution in [0.2, 0.25) is 0 Å². The van der Waals surface area contributed by atoms with Crippen molar-refractivity contribution in [1.82, 2.24) is 5.32 Å². The third kappa shape index (κ3) is 4.34. The summed E-state index contributed by atoms with van der Waals surface area (Å²) in [4.78, 5) is 14.6. The van der Waals surface area contributed by atoms with E-state index in [4.69, 9.17) is 26.4 Å². The van der Waals surface area contributed by atoms with Crippen molar-refractivity contribution >= 4 is 29.0 Å². The van der Waals surface area contributed by atoms with Crippen LogP contribution in [-0.4, -0.2) is 31.9 Å². The zero-order valence-corrected chi connectivity index (χ0v) is 18.9. The van der Waals surface area contributed by atoms with Crippen LogP contribution in [0, 0.1) is 12.7 Å². The Kier molecular flexibility index (Phi) is 6.80. The summed E-state index contributed by atoms with van der Waals surface area (Å²) in [5, 5.41) is 3.55. The quantitative estimate of drug-likeness (QED) is 0.523. The molecule has 0 bridgehead atoms. The summed E-state index contributed by atoms with van der Waals surface area (Å²) < 4.78 is 30.3. The Balaban J connectivity index is 2.15. The van der Waals surface area contributed by atoms with Crippen molar-refractivity contribution < 1.29 is 23.4 Å². The summed E-state index contributed by atoms with van der Waals surface area (Å²) in [5.41, 5.74) is 2.73. The second kappa shape index (κ2) is 9.34. The van der Waals surface area contributed by atoms with Crippen LogP contribution in [0.1, 0.15) is 31.0 Å². The number of aryl methyl sites for hydroxylation is 1. The fraction of sp³-hybridized carbons (Fsp3) is 0.304. The van der Waals surface area contributed by atoms with Gasteiger partial charge in [0, 0.05) is 5.70 Å². The minimum Gasteiger partial charge on any atom is -0.493 e. The highest BCUT2D eigenvalue weighted by molar-refractivity contribution is 7.80. The smallest absolute Gasteiger partial charge is 0.338 e. The molecule has 31 heavy (non-hydrogen) atoms. The van der Waals surface area contributed by atoms with Gasteiger partial charge >= 0.3 is 5.97 Å². The van der Waals surface area contributed by atoms with Crippen LogP contribution in [-0.2, 0) is 9.53 Å². The Hall–Kier alpha value is -3.13. The number of nitrogens with zero attached hydrogens (tertiary/aromatic N) is 1. The number of ether oxygens (including phenoxy) is 3. The number of carbonyl (C=O) groups excluding carboxylic acids is 1. The highest BCUT2D eigenvalue weighted by Crippen LogP contribution is 2.37. The van der Waals surface area contributed by atoms with Gasteiger partial charge in [-0.05, 0) is 68.4 Å². The lowest BCUT2D eigenvalue weighted by Crippen LogP contribution is -2.48. The van der Waals surface area contributed by atoms with Gasteiger partial charge in [0.25, 0.3) is 0 Å². The molecule has 0 radical (unpaired) electrons. The fourth-order valence-corrected chi connectivity index (χ4v) is 3.89. The number of carbonyl (C=O) groups is 1. The maximum absolute atomic E-state index is 14.2. The molecule has 3 rings (SSSR count). The summed E-state index contributed by atoms with van der Waals surface area (Å²) in [6, 6.07) is 9.63. The molecule has 164 valence electrons. The molecule has 0 fully saturated rings. The molecule has 1 heterocycles. The van der Waals surface area contributed by atoms with Crippen molar-refractivity contribution in [2.24, 2.45) is 0 Å². The molecule has 1 aliphatic rings. The Morgan fingerprint density at radius 3 is 2.45 bits per heavy atom. The number of allylic oxidation sites excluding steroid dienone is 1. The fourth-order valence-electron chi connectivity index (χ4n) is 3.53. The van der Waals surface area contributed by atoms with Crippen molar-refractivity contribution in [3.63, 3.8) is 0 Å². The first-order valence-corrected chi connectivity index (χ1v) is 10.2. The van der Waals surface area contributed by atoms with E-state index >= 15 is 0 Å². The standard InChI is InChI=1S/C23H25FN2O4S/c1-6-30-22(27)20-14(3)26(16-9-7-13(2)17(24)12-16)23(31)25-21(20)15-8-10-18(28-4)19(11-15)29-5/h7-12,21H,6H2,1-5H3,(H,25,31). The van der Waals surface area contributed by atoms with Gasteiger partial charge in [0.1, 0.15) is 5.82 Å². The predicted molar refractivity (Wildman–Crippen MR) is 121 cm³/mol. The first-order valence-electron chi connectivity index (χ1n) is 9.78. The number of thiocarbonyl (C=S) groups is 1. The molecule has 1 atom stereocenters. The molecular formula is C23H25FN2O4S. The van der Waals surface area contributed by atoms with Gasteiger partial charge in [-0.2, -0.15) is 0 Å². The molecule has 0 aromatic heterocycles. The van der Waals surface area contributed by atoms with E-state index < -0.39 is 12.0 Å². The van der Waals surface area contributed by atoms with Gasteiger partial charge in [-0.15, -0.1) is 0 Å². The lowest BCUT2D eigenvalue weighted by molar-refractivity contribution is -0.139. The maximum atomic E-state index is 14.2. The average Bonchev–Trinajstić information content (AvgIpc) is 2.75. The lowest BCUT2D eigenvalue weighted by Gasteiger charge is -2.37. The van der Waals surface area contributed by atoms with Gasteiger partial charge in [0.15, 0.2) is 16.6 Å². The molecule has 6 nitrogen and oxygen atoms in total. The number of benzene rings is 2. The van der Waals surface area contributed by atoms with Gasteiger partial charge < -0.3 is 19.5 Å². The number of methoxy groups -OCH3 is 2. The Morgan fingerprint density at radius 1 is 1.13 bits per heavy atom. The molecule has 0 saturated carbocycles. The van der Waals surface area contributed by atoms with E-state index in [2.05, 4.69) is 5.32 Å². The summed E-state index contributed by atoms with van der Waals surface area (Å²) in [6.45, 7) is 5.42. The number of esters is 1. The number of hydrogen-bond acceptors (Lipinski definition) is 5. The summed E-state index contributed by atoms with van der Waals surface area (Å²) in [6.07, 6.45) is 0. The van der Waals surface area contributed by atoms with Gasteiger partial charge in [0.2, 0.25) is 0 Å². The summed E-state index contributed by atoms with van der Waals surface area (Å²) >= 11 is 5.60. The Labute approximate surface area is 186 Å². The van der Waals surface area contributed by atoms with Crippen LogP contribution < -0.4 is 19.7 Å². The maximum Gasteiger partial charge on any atom is 0.338 e. The SMILES string of the molecule is CCOC(=O)C1=C(C)N(c2ccc(C)c(F)c2)C(=S)NC1c1ccc(OC)c(OC)c1. The van der Waals surface area contributed by atoms with Crippen LogP contribution in [0.25, 0.3) is 0 Å². The molecule has 0 amide bonds. The summed E-state index contributed by atoms with van der Waals surface area (Å²) in [5.74, 6) is 0.261. The molecular weight excluding hydrogens is 419 g/mol. The zero-order valence-electron chi connectivity index (χ0n) is 18.1. The van der Waals surface area contributed by atoms with Gasteiger partial charge in [-0.25, -0.2) is 9.18 Å². The van der Waals surface area contributed by atoms with E-state index in [9.17, 15) is 9.18 Å². The zero-order chi connectivity index (χ0) is 22.7. The van der Waals surface area contributed by atoms with Crippen molar-refractivity contribution in [3.8, 4) is 11.5 Å². The van der Waals surface area contributed by atoms with E-state index in [1.165, 1.54) is 6.07 Å². The predicted octanol–water partition coefficient (Wildman–Crippen LogP) is 4.42. The normalized spacial score (nSPS) is 16.1. The number of nitrogens with one attached hydrogen (secondary N) is 1. The van der Waals surface area contributed by atoms with Crippen LogP contribution in [0.5, 0.6) is 11.5 Å². The van der Waals surface area contributed by atoms with Crippen molar-refractivity contribution in [1.29, 1.82) is 0 Å². The molecule has 8 heteroatoms. The average molecular weight is 445 g/mol. The highest BCUT2D eigenvalue weighted by Gasteiger charge is 2.36. The minimum atomic E-state index is -0.571. The van der Waals surface area contributed by atoms with Crippen LogP contribution >= 0.6 is 12.2 Å². The molecule has 2 aromatic rings. The van der Waals surface area contributed by atoms with Crippen LogP contribution in [0.4, 0.5) is 10.1 Å². The number of anilines is 1. The Morgan fingerprint density at radius 2 is 1.84 bits per heavy atom. The molecule has 1 aliphatic heterocycles. The topological polar surface area (TPSA) is 60.0 Å². The third-order valence-corrected chi connectivity index (χ3v) is 5.44. The molecule has 1 N–H and O–H groups in total. The van der Waals surface area contributed by atoms with E-state index in [0.29, 0.717) is 39.1 Å².